The predicted octanol–water partition coefficient (Wildman–Crippen LogP) is 3.02. The SMILES string of the molecule is CC(C)n1cc(Br)cc1C(=O)Nn1cccc1. The topological polar surface area (TPSA) is 39.0 Å². The minimum absolute atomic E-state index is 0.124. The number of rotatable bonds is 3. The van der Waals surface area contributed by atoms with Gasteiger partial charge in [0, 0.05) is 29.1 Å². The number of carbonyl (C=O) groups is 1. The van der Waals surface area contributed by atoms with E-state index >= 15 is 0 Å². The maximum Gasteiger partial charge on any atom is 0.286 e. The van der Waals surface area contributed by atoms with Crippen LogP contribution >= 0.6 is 15.9 Å². The first-order valence-electron chi connectivity index (χ1n) is 5.39. The van der Waals surface area contributed by atoms with Gasteiger partial charge in [-0.2, -0.15) is 0 Å². The summed E-state index contributed by atoms with van der Waals surface area (Å²) < 4.78 is 4.47. The van der Waals surface area contributed by atoms with Gasteiger partial charge in [0.05, 0.1) is 0 Å². The highest BCUT2D eigenvalue weighted by Gasteiger charge is 2.14. The molecule has 0 aliphatic carbocycles. The Morgan fingerprint density at radius 3 is 2.59 bits per heavy atom. The molecule has 2 rings (SSSR count). The van der Waals surface area contributed by atoms with E-state index < -0.39 is 0 Å². The Balaban J connectivity index is 2.24. The average molecular weight is 296 g/mol. The summed E-state index contributed by atoms with van der Waals surface area (Å²) in [5, 5.41) is 0. The number of aromatic nitrogens is 2. The van der Waals surface area contributed by atoms with Crippen molar-refractivity contribution < 1.29 is 4.79 Å². The molecule has 1 N–H and O–H groups in total. The van der Waals surface area contributed by atoms with Crippen molar-refractivity contribution in [2.45, 2.75) is 19.9 Å². The highest BCUT2D eigenvalue weighted by atomic mass is 79.9. The van der Waals surface area contributed by atoms with Gasteiger partial charge in [0.25, 0.3) is 5.91 Å². The van der Waals surface area contributed by atoms with Crippen LogP contribution in [0.25, 0.3) is 0 Å². The molecule has 0 unspecified atom stereocenters. The van der Waals surface area contributed by atoms with E-state index in [4.69, 9.17) is 0 Å². The van der Waals surface area contributed by atoms with Gasteiger partial charge in [-0.25, -0.2) is 0 Å². The van der Waals surface area contributed by atoms with E-state index in [0.717, 1.165) is 4.47 Å². The molecule has 17 heavy (non-hydrogen) atoms. The first-order chi connectivity index (χ1) is 8.08. The molecule has 0 radical (unpaired) electrons. The van der Waals surface area contributed by atoms with Gasteiger partial charge in [0.2, 0.25) is 0 Å². The Morgan fingerprint density at radius 1 is 1.35 bits per heavy atom. The number of nitrogens with zero attached hydrogens (tertiary/aromatic N) is 2. The summed E-state index contributed by atoms with van der Waals surface area (Å²) in [6.45, 7) is 4.08. The fourth-order valence-electron chi connectivity index (χ4n) is 1.64. The zero-order chi connectivity index (χ0) is 12.4. The molecular formula is C12H14BrN3O. The monoisotopic (exact) mass is 295 g/mol. The molecule has 90 valence electrons. The molecule has 1 amide bonds. The van der Waals surface area contributed by atoms with Gasteiger partial charge in [-0.3, -0.25) is 14.9 Å². The van der Waals surface area contributed by atoms with Crippen molar-refractivity contribution in [1.82, 2.24) is 9.24 Å². The zero-order valence-corrected chi connectivity index (χ0v) is 11.3. The Morgan fingerprint density at radius 2 is 2.00 bits per heavy atom. The summed E-state index contributed by atoms with van der Waals surface area (Å²) in [6, 6.07) is 5.78. The normalized spacial score (nSPS) is 10.8. The lowest BCUT2D eigenvalue weighted by Crippen LogP contribution is -2.24. The van der Waals surface area contributed by atoms with Crippen LogP contribution in [0.3, 0.4) is 0 Å². The maximum absolute atomic E-state index is 12.1. The second-order valence-corrected chi connectivity index (χ2v) is 4.99. The van der Waals surface area contributed by atoms with E-state index in [1.165, 1.54) is 0 Å². The summed E-state index contributed by atoms with van der Waals surface area (Å²) in [7, 11) is 0. The van der Waals surface area contributed by atoms with Crippen LogP contribution in [0, 0.1) is 0 Å². The molecule has 0 saturated heterocycles. The minimum Gasteiger partial charge on any atom is -0.340 e. The maximum atomic E-state index is 12.1. The standard InChI is InChI=1S/C12H14BrN3O/c1-9(2)16-8-10(13)7-11(16)12(17)14-15-5-3-4-6-15/h3-9H,1-2H3,(H,14,17). The van der Waals surface area contributed by atoms with Gasteiger partial charge in [-0.1, -0.05) is 0 Å². The third-order valence-electron chi connectivity index (χ3n) is 2.44. The van der Waals surface area contributed by atoms with Crippen molar-refractivity contribution in [3.8, 4) is 0 Å². The van der Waals surface area contributed by atoms with E-state index in [0.29, 0.717) is 5.69 Å². The molecule has 0 spiro atoms. The van der Waals surface area contributed by atoms with Crippen molar-refractivity contribution in [2.24, 2.45) is 0 Å². The van der Waals surface area contributed by atoms with Crippen LogP contribution in [0.1, 0.15) is 30.4 Å². The minimum atomic E-state index is -0.124. The lowest BCUT2D eigenvalue weighted by atomic mass is 10.3. The van der Waals surface area contributed by atoms with E-state index in [1.807, 2.05) is 42.8 Å². The molecule has 0 aliphatic heterocycles. The van der Waals surface area contributed by atoms with Gasteiger partial charge in [0.1, 0.15) is 5.69 Å². The molecule has 0 saturated carbocycles. The molecule has 0 aromatic carbocycles. The lowest BCUT2D eigenvalue weighted by Gasteiger charge is -2.13. The number of hydrogen-bond acceptors (Lipinski definition) is 1. The number of amides is 1. The Labute approximate surface area is 108 Å². The first kappa shape index (κ1) is 12.0. The summed E-state index contributed by atoms with van der Waals surface area (Å²) >= 11 is 3.39. The molecule has 0 aliphatic rings. The Hall–Kier alpha value is -1.49. The fourth-order valence-corrected chi connectivity index (χ4v) is 2.08. The van der Waals surface area contributed by atoms with Crippen molar-refractivity contribution in [3.63, 3.8) is 0 Å². The van der Waals surface area contributed by atoms with Crippen LogP contribution in [0.15, 0.2) is 41.3 Å². The van der Waals surface area contributed by atoms with E-state index in [9.17, 15) is 4.79 Å². The van der Waals surface area contributed by atoms with Crippen LogP contribution in [0.2, 0.25) is 0 Å². The third-order valence-corrected chi connectivity index (χ3v) is 2.87. The van der Waals surface area contributed by atoms with E-state index in [1.54, 1.807) is 17.1 Å². The number of nitrogens with one attached hydrogen (secondary N) is 1. The van der Waals surface area contributed by atoms with Gasteiger partial charge in [-0.05, 0) is 48.0 Å². The van der Waals surface area contributed by atoms with Crippen molar-refractivity contribution in [1.29, 1.82) is 0 Å². The third kappa shape index (κ3) is 2.61. The van der Waals surface area contributed by atoms with Crippen LogP contribution < -0.4 is 5.43 Å². The molecule has 2 aromatic heterocycles. The van der Waals surface area contributed by atoms with Crippen LogP contribution in [-0.4, -0.2) is 15.2 Å². The Kier molecular flexibility index (Phi) is 3.38. The molecular weight excluding hydrogens is 282 g/mol. The highest BCUT2D eigenvalue weighted by molar-refractivity contribution is 9.10. The Bertz CT molecular complexity index is 514. The van der Waals surface area contributed by atoms with Crippen LogP contribution in [-0.2, 0) is 0 Å². The predicted molar refractivity (Wildman–Crippen MR) is 70.6 cm³/mol. The average Bonchev–Trinajstić information content (AvgIpc) is 2.86. The van der Waals surface area contributed by atoms with Crippen molar-refractivity contribution in [3.05, 3.63) is 47.0 Å². The largest absolute Gasteiger partial charge is 0.340 e. The summed E-state index contributed by atoms with van der Waals surface area (Å²) in [5.74, 6) is -0.124. The molecule has 0 fully saturated rings. The molecule has 5 heteroatoms. The van der Waals surface area contributed by atoms with Gasteiger partial charge in [0.15, 0.2) is 0 Å². The summed E-state index contributed by atoms with van der Waals surface area (Å²) in [6.07, 6.45) is 5.49. The van der Waals surface area contributed by atoms with Crippen LogP contribution in [0.4, 0.5) is 0 Å². The van der Waals surface area contributed by atoms with Crippen molar-refractivity contribution in [2.75, 3.05) is 5.43 Å². The quantitative estimate of drug-likeness (QED) is 0.929. The first-order valence-corrected chi connectivity index (χ1v) is 6.19. The van der Waals surface area contributed by atoms with Gasteiger partial charge < -0.3 is 4.57 Å². The fraction of sp³-hybridized carbons (Fsp3) is 0.250. The number of hydrogen-bond donors (Lipinski definition) is 1. The smallest absolute Gasteiger partial charge is 0.286 e. The van der Waals surface area contributed by atoms with E-state index in [-0.39, 0.29) is 11.9 Å². The van der Waals surface area contributed by atoms with Gasteiger partial charge >= 0.3 is 0 Å². The molecule has 2 heterocycles. The second-order valence-electron chi connectivity index (χ2n) is 4.08. The molecule has 4 nitrogen and oxygen atoms in total. The zero-order valence-electron chi connectivity index (χ0n) is 9.72. The summed E-state index contributed by atoms with van der Waals surface area (Å²) in [5.41, 5.74) is 3.42. The second kappa shape index (κ2) is 4.79. The molecule has 0 atom stereocenters. The highest BCUT2D eigenvalue weighted by Crippen LogP contribution is 2.19. The number of carbonyl (C=O) groups excluding carboxylic acids is 1. The van der Waals surface area contributed by atoms with Gasteiger partial charge in [-0.15, -0.1) is 0 Å². The van der Waals surface area contributed by atoms with Crippen molar-refractivity contribution >= 4 is 21.8 Å². The van der Waals surface area contributed by atoms with Crippen LogP contribution in [0.5, 0.6) is 0 Å². The summed E-state index contributed by atoms with van der Waals surface area (Å²) in [4.78, 5) is 12.1. The molecule has 2 aromatic rings. The van der Waals surface area contributed by atoms with E-state index in [2.05, 4.69) is 21.4 Å². The number of halogens is 1. The molecule has 0 bridgehead atoms. The lowest BCUT2D eigenvalue weighted by molar-refractivity contribution is 0.0997.